The Balaban J connectivity index is 1.88. The number of rotatable bonds is 4. The highest BCUT2D eigenvalue weighted by Gasteiger charge is 2.39. The Labute approximate surface area is 146 Å². The Morgan fingerprint density at radius 2 is 1.69 bits per heavy atom. The highest BCUT2D eigenvalue weighted by atomic mass is 32.2. The summed E-state index contributed by atoms with van der Waals surface area (Å²) in [5.74, 6) is -5.47. The van der Waals surface area contributed by atoms with Gasteiger partial charge >= 0.3 is 12.1 Å². The van der Waals surface area contributed by atoms with Gasteiger partial charge in [0.1, 0.15) is 5.75 Å². The standard InChI is InChI=1S/C16H9F5N2O2S/c17-12-9(8-26(24)10-4-2-1-3-5-10)6-7-11(13(12)18)14-22-15(25-23-14)16(19,20)21/h1-7H,8H2. The van der Waals surface area contributed by atoms with Crippen LogP contribution in [0.1, 0.15) is 11.5 Å². The minimum atomic E-state index is -4.90. The summed E-state index contributed by atoms with van der Waals surface area (Å²) < 4.78 is 82.1. The molecule has 0 aliphatic carbocycles. The second kappa shape index (κ2) is 7.04. The maximum absolute atomic E-state index is 14.2. The van der Waals surface area contributed by atoms with Crippen molar-refractivity contribution in [2.45, 2.75) is 16.8 Å². The summed E-state index contributed by atoms with van der Waals surface area (Å²) in [7, 11) is 0. The van der Waals surface area contributed by atoms with E-state index in [1.165, 1.54) is 0 Å². The first-order valence-corrected chi connectivity index (χ1v) is 8.41. The fourth-order valence-corrected chi connectivity index (χ4v) is 3.25. The Kier molecular flexibility index (Phi) is 4.97. The van der Waals surface area contributed by atoms with Gasteiger partial charge in [-0.2, -0.15) is 18.2 Å². The molecule has 0 aliphatic heterocycles. The number of hydrogen-bond acceptors (Lipinski definition) is 4. The van der Waals surface area contributed by atoms with Gasteiger partial charge < -0.3 is 9.08 Å². The van der Waals surface area contributed by atoms with E-state index in [0.29, 0.717) is 4.90 Å². The van der Waals surface area contributed by atoms with E-state index < -0.39 is 46.3 Å². The summed E-state index contributed by atoms with van der Waals surface area (Å²) in [4.78, 5) is 3.46. The van der Waals surface area contributed by atoms with E-state index in [0.717, 1.165) is 12.1 Å². The van der Waals surface area contributed by atoms with Crippen molar-refractivity contribution < 1.29 is 31.0 Å². The molecule has 4 nitrogen and oxygen atoms in total. The maximum Gasteiger partial charge on any atom is 0.471 e. The molecule has 0 amide bonds. The highest BCUT2D eigenvalue weighted by Crippen LogP contribution is 2.31. The van der Waals surface area contributed by atoms with Gasteiger partial charge in [-0.25, -0.2) is 8.78 Å². The fourth-order valence-electron chi connectivity index (χ4n) is 2.12. The van der Waals surface area contributed by atoms with Gasteiger partial charge in [-0.1, -0.05) is 29.4 Å². The van der Waals surface area contributed by atoms with Crippen LogP contribution in [0.25, 0.3) is 11.4 Å². The number of nitrogens with zero attached hydrogens (tertiary/aromatic N) is 2. The van der Waals surface area contributed by atoms with Crippen LogP contribution >= 0.6 is 0 Å². The molecule has 3 rings (SSSR count). The van der Waals surface area contributed by atoms with Crippen molar-refractivity contribution >= 4 is 11.2 Å². The third-order valence-corrected chi connectivity index (χ3v) is 4.74. The van der Waals surface area contributed by atoms with Gasteiger partial charge in [0.2, 0.25) is 5.82 Å². The monoisotopic (exact) mass is 388 g/mol. The molecule has 0 radical (unpaired) electrons. The molecule has 1 atom stereocenters. The molecule has 26 heavy (non-hydrogen) atoms. The van der Waals surface area contributed by atoms with Gasteiger partial charge in [-0.05, 0) is 29.4 Å². The van der Waals surface area contributed by atoms with Crippen LogP contribution in [0, 0.1) is 11.6 Å². The van der Waals surface area contributed by atoms with Gasteiger partial charge in [0, 0.05) is 5.56 Å². The highest BCUT2D eigenvalue weighted by molar-refractivity contribution is 7.90. The molecule has 0 saturated carbocycles. The predicted molar refractivity (Wildman–Crippen MR) is 81.2 cm³/mol. The van der Waals surface area contributed by atoms with Crippen molar-refractivity contribution in [2.75, 3.05) is 0 Å². The van der Waals surface area contributed by atoms with Crippen LogP contribution in [0.4, 0.5) is 22.0 Å². The smallest absolute Gasteiger partial charge is 0.471 e. The quantitative estimate of drug-likeness (QED) is 0.493. The summed E-state index contributed by atoms with van der Waals surface area (Å²) in [5, 5.41) is 3.02. The molecular formula is C16H9F5N2O2S. The van der Waals surface area contributed by atoms with E-state index in [1.807, 2.05) is 0 Å². The predicted octanol–water partition coefficient (Wildman–Crippen LogP) is 4.34. The fraction of sp³-hybridized carbons (Fsp3) is 0.125. The zero-order valence-corrected chi connectivity index (χ0v) is 13.6. The van der Waals surface area contributed by atoms with Gasteiger partial charge in [0.15, 0.2) is 16.5 Å². The largest absolute Gasteiger partial charge is 0.611 e. The molecule has 1 heterocycles. The van der Waals surface area contributed by atoms with Crippen molar-refractivity contribution in [3.63, 3.8) is 0 Å². The summed E-state index contributed by atoms with van der Waals surface area (Å²) in [6, 6.07) is 10.3. The second-order valence-electron chi connectivity index (χ2n) is 5.12. The lowest BCUT2D eigenvalue weighted by atomic mass is 10.1. The minimum Gasteiger partial charge on any atom is -0.611 e. The molecule has 0 bridgehead atoms. The lowest BCUT2D eigenvalue weighted by Crippen LogP contribution is -2.08. The minimum absolute atomic E-state index is 0.187. The van der Waals surface area contributed by atoms with Crippen molar-refractivity contribution in [2.24, 2.45) is 0 Å². The molecule has 0 aliphatic rings. The van der Waals surface area contributed by atoms with Gasteiger partial charge in [0.25, 0.3) is 0 Å². The molecule has 0 fully saturated rings. The van der Waals surface area contributed by atoms with E-state index in [2.05, 4.69) is 14.7 Å². The van der Waals surface area contributed by atoms with Crippen LogP contribution in [0.15, 0.2) is 51.9 Å². The third-order valence-electron chi connectivity index (χ3n) is 3.36. The molecule has 136 valence electrons. The van der Waals surface area contributed by atoms with Crippen molar-refractivity contribution in [1.29, 1.82) is 0 Å². The van der Waals surface area contributed by atoms with Crippen molar-refractivity contribution in [1.82, 2.24) is 10.1 Å². The molecule has 1 unspecified atom stereocenters. The van der Waals surface area contributed by atoms with Crippen LogP contribution < -0.4 is 0 Å². The number of benzene rings is 2. The molecule has 0 saturated heterocycles. The Bertz CT molecular complexity index is 915. The van der Waals surface area contributed by atoms with Crippen LogP contribution in [0.5, 0.6) is 0 Å². The first-order valence-electron chi connectivity index (χ1n) is 7.09. The van der Waals surface area contributed by atoms with Crippen LogP contribution in [-0.2, 0) is 23.1 Å². The normalized spacial score (nSPS) is 13.0. The zero-order valence-electron chi connectivity index (χ0n) is 12.8. The summed E-state index contributed by atoms with van der Waals surface area (Å²) in [5.41, 5.74) is -0.774. The SMILES string of the molecule is [O-][S+](Cc1ccc(-c2noc(C(F)(F)F)n2)c(F)c1F)c1ccccc1. The Hall–Kier alpha value is -2.46. The van der Waals surface area contributed by atoms with Crippen LogP contribution in [-0.4, -0.2) is 14.7 Å². The summed E-state index contributed by atoms with van der Waals surface area (Å²) >= 11 is -1.62. The number of hydrogen-bond donors (Lipinski definition) is 0. The van der Waals surface area contributed by atoms with E-state index in [-0.39, 0.29) is 11.3 Å². The van der Waals surface area contributed by atoms with Crippen molar-refractivity contribution in [3.8, 4) is 11.4 Å². The van der Waals surface area contributed by atoms with Crippen molar-refractivity contribution in [3.05, 3.63) is 65.6 Å². The van der Waals surface area contributed by atoms with Gasteiger partial charge in [0.05, 0.1) is 5.56 Å². The average molecular weight is 388 g/mol. The van der Waals surface area contributed by atoms with Gasteiger partial charge in [-0.3, -0.25) is 0 Å². The first kappa shape index (κ1) is 18.3. The maximum atomic E-state index is 14.2. The molecule has 3 aromatic rings. The molecule has 0 spiro atoms. The second-order valence-corrected chi connectivity index (χ2v) is 6.58. The topological polar surface area (TPSA) is 62.0 Å². The number of aromatic nitrogens is 2. The van der Waals surface area contributed by atoms with E-state index >= 15 is 0 Å². The Morgan fingerprint density at radius 1 is 1.00 bits per heavy atom. The lowest BCUT2D eigenvalue weighted by Gasteiger charge is -2.11. The summed E-state index contributed by atoms with van der Waals surface area (Å²) in [6.45, 7) is 0. The van der Waals surface area contributed by atoms with Crippen LogP contribution in [0.3, 0.4) is 0 Å². The average Bonchev–Trinajstić information content (AvgIpc) is 3.10. The number of alkyl halides is 3. The number of halogens is 5. The van der Waals surface area contributed by atoms with E-state index in [1.54, 1.807) is 30.3 Å². The molecule has 0 N–H and O–H groups in total. The van der Waals surface area contributed by atoms with E-state index in [9.17, 15) is 26.5 Å². The molecule has 1 aromatic heterocycles. The molecule has 2 aromatic carbocycles. The van der Waals surface area contributed by atoms with Gasteiger partial charge in [-0.15, -0.1) is 0 Å². The van der Waals surface area contributed by atoms with E-state index in [4.69, 9.17) is 0 Å². The summed E-state index contributed by atoms with van der Waals surface area (Å²) in [6.07, 6.45) is -4.90. The third kappa shape index (κ3) is 3.70. The first-order chi connectivity index (χ1) is 12.3. The van der Waals surface area contributed by atoms with Crippen LogP contribution in [0.2, 0.25) is 0 Å². The molecule has 10 heteroatoms. The molecular weight excluding hydrogens is 379 g/mol. The lowest BCUT2D eigenvalue weighted by molar-refractivity contribution is -0.159. The Morgan fingerprint density at radius 3 is 2.31 bits per heavy atom. The zero-order chi connectivity index (χ0) is 18.9.